The molecule has 0 aromatic carbocycles. The highest BCUT2D eigenvalue weighted by Gasteiger charge is 2.41. The molecular formula is C55H72N4O6. The van der Waals surface area contributed by atoms with Crippen LogP contribution in [0.25, 0.3) is 33.6 Å². The zero-order valence-corrected chi connectivity index (χ0v) is 40.9. The first kappa shape index (κ1) is 48.8. The Kier molecular flexibility index (Phi) is 15.9. The Balaban J connectivity index is 1.29. The van der Waals surface area contributed by atoms with Gasteiger partial charge < -0.3 is 29.7 Å². The molecular weight excluding hydrogens is 813 g/mol. The number of methoxy groups -OCH3 is 1. The van der Waals surface area contributed by atoms with E-state index in [9.17, 15) is 19.8 Å². The second-order valence-electron chi connectivity index (χ2n) is 19.0. The van der Waals surface area contributed by atoms with E-state index < -0.39 is 11.9 Å². The van der Waals surface area contributed by atoms with Crippen molar-refractivity contribution in [3.8, 4) is 0 Å². The van der Waals surface area contributed by atoms with E-state index in [1.54, 1.807) is 6.92 Å². The van der Waals surface area contributed by atoms with Gasteiger partial charge in [0.1, 0.15) is 18.3 Å². The van der Waals surface area contributed by atoms with Crippen molar-refractivity contribution in [1.29, 1.82) is 0 Å². The van der Waals surface area contributed by atoms with Crippen molar-refractivity contribution in [2.45, 2.75) is 164 Å². The lowest BCUT2D eigenvalue weighted by Gasteiger charge is -2.19. The van der Waals surface area contributed by atoms with Crippen LogP contribution in [0, 0.1) is 13.8 Å². The number of aryl methyl sites for hydroxylation is 2. The van der Waals surface area contributed by atoms with Gasteiger partial charge in [-0.2, -0.15) is 0 Å². The molecule has 10 heteroatoms. The number of H-pyrrole nitrogens is 2. The van der Waals surface area contributed by atoms with E-state index in [0.29, 0.717) is 28.4 Å². The number of aromatic amines is 2. The third-order valence-electron chi connectivity index (χ3n) is 14.0. The fraction of sp³-hybridized carbons (Fsp3) is 0.491. The van der Waals surface area contributed by atoms with Crippen LogP contribution in [-0.4, -0.2) is 55.8 Å². The van der Waals surface area contributed by atoms with Crippen molar-refractivity contribution < 1.29 is 29.3 Å². The summed E-state index contributed by atoms with van der Waals surface area (Å²) in [6, 6.07) is 6.10. The lowest BCUT2D eigenvalue weighted by molar-refractivity contribution is -0.143. The maximum atomic E-state index is 13.7. The van der Waals surface area contributed by atoms with Gasteiger partial charge in [-0.3, -0.25) is 19.6 Å². The fourth-order valence-electron chi connectivity index (χ4n) is 9.98. The van der Waals surface area contributed by atoms with Crippen molar-refractivity contribution in [2.75, 3.05) is 13.7 Å². The first-order valence-corrected chi connectivity index (χ1v) is 23.7. The second kappa shape index (κ2) is 21.1. The monoisotopic (exact) mass is 885 g/mol. The number of ether oxygens (including phenoxy) is 2. The van der Waals surface area contributed by atoms with Crippen molar-refractivity contribution in [2.24, 2.45) is 0 Å². The van der Waals surface area contributed by atoms with Crippen LogP contribution in [0.2, 0.25) is 0 Å². The van der Waals surface area contributed by atoms with E-state index in [1.807, 2.05) is 32.1 Å². The summed E-state index contributed by atoms with van der Waals surface area (Å²) in [5.41, 5.74) is 13.8. The van der Waals surface area contributed by atoms with Gasteiger partial charge in [0.15, 0.2) is 0 Å². The van der Waals surface area contributed by atoms with Crippen LogP contribution in [0.3, 0.4) is 0 Å². The van der Waals surface area contributed by atoms with E-state index in [4.69, 9.17) is 19.4 Å². The summed E-state index contributed by atoms with van der Waals surface area (Å²) in [6.07, 6.45) is 16.5. The molecule has 3 aromatic rings. The molecule has 8 bridgehead atoms. The quantitative estimate of drug-likeness (QED) is 0.0820. The molecule has 6 rings (SSSR count). The Morgan fingerprint density at radius 2 is 1.31 bits per heavy atom. The lowest BCUT2D eigenvalue weighted by Crippen LogP contribution is -2.18. The Morgan fingerprint density at radius 3 is 1.92 bits per heavy atom. The number of hydrogen-bond donors (Lipinski definition) is 4. The van der Waals surface area contributed by atoms with E-state index in [0.717, 1.165) is 94.9 Å². The summed E-state index contributed by atoms with van der Waals surface area (Å²) in [4.78, 5) is 44.7. The van der Waals surface area contributed by atoms with Crippen LogP contribution >= 0.6 is 0 Å². The molecule has 10 nitrogen and oxygen atoms in total. The Hall–Kier alpha value is -5.64. The number of carbonyl (C=O) groups is 2. The van der Waals surface area contributed by atoms with Gasteiger partial charge in [0.05, 0.1) is 29.6 Å². The molecule has 3 aromatic heterocycles. The smallest absolute Gasteiger partial charge is 0.321 e. The standard InChI is InChI=1S/C55H72N4O6/c1-13-39-34(7)41-29-46-48(38(11)60)36(9)43(57-46)27-42-35(8)40(52(58-42)50-51(55(63)64-12)54(62)49-37(10)44(59-53(49)50)28-45(39)56-41)23-24-47(61)65-26-25-33(6)22-16-21-32(5)20-15-19-31(4)18-14-17-30(2)3/h17,19,21,25,27-29,34-35,39-40,51,57,59-60,62H,13-16,18,20,22-24,26H2,1-12H3/b31-19+,32-21+,33-25+,42-27?,45-28?,46-29?,48-38?/t34-,35+,39-,40+,51-/m1/s1. The Labute approximate surface area is 385 Å². The average molecular weight is 885 g/mol. The molecule has 1 aliphatic carbocycles. The number of nitrogens with zero attached hydrogens (tertiary/aromatic N) is 2. The first-order valence-electron chi connectivity index (χ1n) is 23.7. The van der Waals surface area contributed by atoms with E-state index >= 15 is 0 Å². The average Bonchev–Trinajstić information content (AvgIpc) is 4.00. The first-order chi connectivity index (χ1) is 30.9. The maximum absolute atomic E-state index is 13.7. The van der Waals surface area contributed by atoms with Gasteiger partial charge in [0.2, 0.25) is 0 Å². The third kappa shape index (κ3) is 10.7. The van der Waals surface area contributed by atoms with Crippen LogP contribution in [0.1, 0.15) is 189 Å². The van der Waals surface area contributed by atoms with Gasteiger partial charge in [-0.05, 0) is 142 Å². The number of allylic oxidation sites excluding steroid dienone is 7. The van der Waals surface area contributed by atoms with E-state index in [1.165, 1.54) is 29.4 Å². The molecule has 348 valence electrons. The second-order valence-corrected chi connectivity index (χ2v) is 19.0. The van der Waals surface area contributed by atoms with Gasteiger partial charge in [-0.15, -0.1) is 0 Å². The van der Waals surface area contributed by atoms with Gasteiger partial charge in [-0.25, -0.2) is 0 Å². The van der Waals surface area contributed by atoms with Gasteiger partial charge in [-0.1, -0.05) is 61.3 Å². The molecule has 5 atom stereocenters. The van der Waals surface area contributed by atoms with Crippen LogP contribution in [0.15, 0.2) is 64.8 Å². The summed E-state index contributed by atoms with van der Waals surface area (Å²) in [7, 11) is 1.32. The minimum Gasteiger partial charge on any atom is -0.512 e. The van der Waals surface area contributed by atoms with Gasteiger partial charge >= 0.3 is 11.9 Å². The summed E-state index contributed by atoms with van der Waals surface area (Å²) in [5, 5.41) is 24.2. The van der Waals surface area contributed by atoms with E-state index in [2.05, 4.69) is 89.7 Å². The largest absolute Gasteiger partial charge is 0.512 e. The number of aromatic nitrogens is 4. The Bertz CT molecular complexity index is 2740. The van der Waals surface area contributed by atoms with E-state index in [-0.39, 0.29) is 54.2 Å². The molecule has 0 radical (unpaired) electrons. The number of carbonyl (C=O) groups excluding carboxylic acids is 2. The minimum atomic E-state index is -1.10. The highest BCUT2D eigenvalue weighted by atomic mass is 16.5. The predicted octanol–water partition coefficient (Wildman–Crippen LogP) is 12.2. The van der Waals surface area contributed by atoms with Gasteiger partial charge in [0, 0.05) is 74.2 Å². The van der Waals surface area contributed by atoms with Crippen molar-refractivity contribution in [3.05, 3.63) is 115 Å². The third-order valence-corrected chi connectivity index (χ3v) is 14.0. The van der Waals surface area contributed by atoms with Crippen molar-refractivity contribution in [3.63, 3.8) is 0 Å². The van der Waals surface area contributed by atoms with Crippen molar-refractivity contribution >= 4 is 45.5 Å². The number of rotatable bonds is 16. The topological polar surface area (TPSA) is 150 Å². The molecule has 3 aliphatic rings. The summed E-state index contributed by atoms with van der Waals surface area (Å²) >= 11 is 0. The maximum Gasteiger partial charge on any atom is 0.321 e. The molecule has 2 aliphatic heterocycles. The highest BCUT2D eigenvalue weighted by molar-refractivity contribution is 5.96. The molecule has 4 N–H and O–H groups in total. The van der Waals surface area contributed by atoms with Gasteiger partial charge in [0.25, 0.3) is 0 Å². The fourth-order valence-corrected chi connectivity index (χ4v) is 9.98. The summed E-state index contributed by atoms with van der Waals surface area (Å²) < 4.78 is 11.1. The molecule has 0 amide bonds. The zero-order chi connectivity index (χ0) is 47.3. The predicted molar refractivity (Wildman–Crippen MR) is 263 cm³/mol. The van der Waals surface area contributed by atoms with Crippen LogP contribution in [-0.2, 0) is 19.1 Å². The number of hydrogen-bond acceptors (Lipinski definition) is 8. The number of aliphatic hydroxyl groups is 2. The molecule has 5 heterocycles. The summed E-state index contributed by atoms with van der Waals surface area (Å²) in [5.74, 6) is -2.11. The minimum absolute atomic E-state index is 0.0820. The molecule has 0 spiro atoms. The highest BCUT2D eigenvalue weighted by Crippen LogP contribution is 2.46. The van der Waals surface area contributed by atoms with Crippen LogP contribution in [0.4, 0.5) is 0 Å². The lowest BCUT2D eigenvalue weighted by atomic mass is 9.84. The van der Waals surface area contributed by atoms with Crippen LogP contribution < -0.4 is 10.4 Å². The normalized spacial score (nSPS) is 20.3. The van der Waals surface area contributed by atoms with Crippen molar-refractivity contribution in [1.82, 2.24) is 19.9 Å². The number of fused-ring (bicyclic) bond motifs is 8. The zero-order valence-electron chi connectivity index (χ0n) is 40.9. The molecule has 0 fully saturated rings. The number of esters is 2. The molecule has 0 unspecified atom stereocenters. The SMILES string of the molecule is CC[C@H]1c2cc3[nH]c4c(c5nc(cc6[nH]c(cc(n2)[C@@H]1C)c(=C(C)O)c6C)[C@@H](C)[C@@H]5CCC(=O)OC/C=C(\C)CC/C=C(\C)CC/C=C(\C)CCC=C(C)C)[C@@H](C(=O)OC)C(O)=c4c3C. The molecule has 0 saturated heterocycles. The number of nitrogens with one attached hydrogen (secondary N) is 2. The Morgan fingerprint density at radius 1 is 0.738 bits per heavy atom. The molecule has 65 heavy (non-hydrogen) atoms. The van der Waals surface area contributed by atoms with Crippen LogP contribution in [0.5, 0.6) is 0 Å². The molecule has 0 saturated carbocycles. The number of aliphatic hydroxyl groups excluding tert-OH is 2. The summed E-state index contributed by atoms with van der Waals surface area (Å²) in [6.45, 7) is 23.0.